The Kier molecular flexibility index (Phi) is 5.76. The van der Waals surface area contributed by atoms with Crippen molar-refractivity contribution >= 4 is 16.0 Å². The predicted molar refractivity (Wildman–Crippen MR) is 71.4 cm³/mol. The van der Waals surface area contributed by atoms with E-state index in [0.29, 0.717) is 19.4 Å². The van der Waals surface area contributed by atoms with Crippen molar-refractivity contribution in [3.8, 4) is 0 Å². The lowest BCUT2D eigenvalue weighted by molar-refractivity contribution is -0.149. The summed E-state index contributed by atoms with van der Waals surface area (Å²) >= 11 is 0. The van der Waals surface area contributed by atoms with Crippen LogP contribution >= 0.6 is 0 Å². The van der Waals surface area contributed by atoms with Gasteiger partial charge in [0, 0.05) is 13.2 Å². The van der Waals surface area contributed by atoms with Gasteiger partial charge in [-0.2, -0.15) is 0 Å². The Morgan fingerprint density at radius 3 is 2.47 bits per heavy atom. The van der Waals surface area contributed by atoms with Crippen molar-refractivity contribution in [3.63, 3.8) is 0 Å². The minimum Gasteiger partial charge on any atom is -0.481 e. The van der Waals surface area contributed by atoms with Gasteiger partial charge in [0.05, 0.1) is 17.3 Å². The maximum absolute atomic E-state index is 11.9. The molecule has 0 amide bonds. The van der Waals surface area contributed by atoms with Crippen molar-refractivity contribution in [2.45, 2.75) is 45.6 Å². The molecule has 0 saturated carbocycles. The molecule has 0 radical (unpaired) electrons. The van der Waals surface area contributed by atoms with E-state index in [1.54, 1.807) is 13.8 Å². The molecule has 1 fully saturated rings. The minimum absolute atomic E-state index is 0.0651. The van der Waals surface area contributed by atoms with Gasteiger partial charge in [-0.05, 0) is 25.7 Å². The van der Waals surface area contributed by atoms with Crippen molar-refractivity contribution in [1.29, 1.82) is 0 Å². The van der Waals surface area contributed by atoms with Crippen LogP contribution in [0.25, 0.3) is 0 Å². The standard InChI is InChI=1S/C12H23NO5S/c1-3-12(4-2,11(14)15)9-13-19(16,17)8-10-6-5-7-18-10/h10,13H,3-9H2,1-2H3,(H,14,15). The first-order valence-electron chi connectivity index (χ1n) is 6.67. The Hall–Kier alpha value is -0.660. The van der Waals surface area contributed by atoms with E-state index < -0.39 is 21.4 Å². The highest BCUT2D eigenvalue weighted by Crippen LogP contribution is 2.26. The van der Waals surface area contributed by atoms with Gasteiger partial charge in [-0.25, -0.2) is 13.1 Å². The number of carboxylic acids is 1. The third-order valence-corrected chi connectivity index (χ3v) is 5.26. The molecule has 0 aromatic heterocycles. The van der Waals surface area contributed by atoms with Crippen LogP contribution in [-0.2, 0) is 19.6 Å². The fourth-order valence-corrected chi connectivity index (χ4v) is 3.57. The number of hydrogen-bond acceptors (Lipinski definition) is 4. The van der Waals surface area contributed by atoms with E-state index in [2.05, 4.69) is 4.72 Å². The first kappa shape index (κ1) is 16.4. The summed E-state index contributed by atoms with van der Waals surface area (Å²) in [6.45, 7) is 4.05. The molecular weight excluding hydrogens is 270 g/mol. The summed E-state index contributed by atoms with van der Waals surface area (Å²) in [7, 11) is -3.49. The SMILES string of the molecule is CCC(CC)(CNS(=O)(=O)CC1CCCO1)C(=O)O. The second-order valence-electron chi connectivity index (χ2n) is 5.03. The molecular formula is C12H23NO5S. The van der Waals surface area contributed by atoms with E-state index in [9.17, 15) is 18.3 Å². The van der Waals surface area contributed by atoms with Crippen LogP contribution in [0.1, 0.15) is 39.5 Å². The average Bonchev–Trinajstić information content (AvgIpc) is 2.82. The van der Waals surface area contributed by atoms with Crippen LogP contribution in [0.4, 0.5) is 0 Å². The first-order valence-corrected chi connectivity index (χ1v) is 8.33. The summed E-state index contributed by atoms with van der Waals surface area (Å²) in [6, 6.07) is 0. The van der Waals surface area contributed by atoms with Crippen molar-refractivity contribution in [2.75, 3.05) is 18.9 Å². The lowest BCUT2D eigenvalue weighted by Crippen LogP contribution is -2.44. The number of aliphatic carboxylic acids is 1. The number of hydrogen-bond donors (Lipinski definition) is 2. The van der Waals surface area contributed by atoms with Crippen LogP contribution in [0.2, 0.25) is 0 Å². The smallest absolute Gasteiger partial charge is 0.310 e. The molecule has 0 bridgehead atoms. The molecule has 1 rings (SSSR count). The molecule has 19 heavy (non-hydrogen) atoms. The fourth-order valence-electron chi connectivity index (χ4n) is 2.21. The maximum atomic E-state index is 11.9. The predicted octanol–water partition coefficient (Wildman–Crippen LogP) is 0.976. The molecule has 0 aromatic carbocycles. The van der Waals surface area contributed by atoms with Crippen LogP contribution in [0.5, 0.6) is 0 Å². The van der Waals surface area contributed by atoms with Crippen molar-refractivity contribution < 1.29 is 23.1 Å². The third kappa shape index (κ3) is 4.43. The summed E-state index contributed by atoms with van der Waals surface area (Å²) in [4.78, 5) is 11.3. The molecule has 1 unspecified atom stereocenters. The summed E-state index contributed by atoms with van der Waals surface area (Å²) in [5.74, 6) is -1.05. The van der Waals surface area contributed by atoms with E-state index >= 15 is 0 Å². The molecule has 2 N–H and O–H groups in total. The van der Waals surface area contributed by atoms with Gasteiger partial charge in [-0.1, -0.05) is 13.8 Å². The summed E-state index contributed by atoms with van der Waals surface area (Å²) in [5, 5.41) is 9.25. The molecule has 1 heterocycles. The molecule has 112 valence electrons. The van der Waals surface area contributed by atoms with Crippen LogP contribution < -0.4 is 4.72 Å². The van der Waals surface area contributed by atoms with Gasteiger partial charge >= 0.3 is 5.97 Å². The normalized spacial score (nSPS) is 20.6. The van der Waals surface area contributed by atoms with Gasteiger partial charge < -0.3 is 9.84 Å². The number of nitrogens with one attached hydrogen (secondary N) is 1. The Bertz CT molecular complexity index is 396. The van der Waals surface area contributed by atoms with Crippen molar-refractivity contribution in [3.05, 3.63) is 0 Å². The number of ether oxygens (including phenoxy) is 1. The summed E-state index contributed by atoms with van der Waals surface area (Å²) in [6.07, 6.45) is 2.14. The molecule has 6 nitrogen and oxygen atoms in total. The fraction of sp³-hybridized carbons (Fsp3) is 0.917. The molecule has 1 aliphatic rings. The largest absolute Gasteiger partial charge is 0.481 e. The van der Waals surface area contributed by atoms with E-state index in [0.717, 1.165) is 12.8 Å². The second-order valence-corrected chi connectivity index (χ2v) is 6.88. The molecule has 1 atom stereocenters. The van der Waals surface area contributed by atoms with Gasteiger partial charge in [0.2, 0.25) is 10.0 Å². The number of carbonyl (C=O) groups is 1. The van der Waals surface area contributed by atoms with E-state index in [4.69, 9.17) is 4.74 Å². The highest BCUT2D eigenvalue weighted by atomic mass is 32.2. The van der Waals surface area contributed by atoms with Gasteiger partial charge in [-0.3, -0.25) is 4.79 Å². The van der Waals surface area contributed by atoms with Crippen molar-refractivity contribution in [2.24, 2.45) is 5.41 Å². The first-order chi connectivity index (χ1) is 8.85. The zero-order valence-corrected chi connectivity index (χ0v) is 12.3. The van der Waals surface area contributed by atoms with E-state index in [1.807, 2.05) is 0 Å². The number of sulfonamides is 1. The topological polar surface area (TPSA) is 92.7 Å². The molecule has 0 aromatic rings. The average molecular weight is 293 g/mol. The van der Waals surface area contributed by atoms with Gasteiger partial charge in [0.15, 0.2) is 0 Å². The van der Waals surface area contributed by atoms with E-state index in [-0.39, 0.29) is 18.4 Å². The van der Waals surface area contributed by atoms with Crippen LogP contribution in [-0.4, -0.2) is 44.5 Å². The molecule has 0 aliphatic carbocycles. The number of rotatable bonds is 8. The highest BCUT2D eigenvalue weighted by Gasteiger charge is 2.36. The lowest BCUT2D eigenvalue weighted by atomic mass is 9.83. The second kappa shape index (κ2) is 6.67. The van der Waals surface area contributed by atoms with E-state index in [1.165, 1.54) is 0 Å². The third-order valence-electron chi connectivity index (χ3n) is 3.87. The van der Waals surface area contributed by atoms with Gasteiger partial charge in [0.1, 0.15) is 0 Å². The minimum atomic E-state index is -3.49. The quantitative estimate of drug-likeness (QED) is 0.696. The van der Waals surface area contributed by atoms with Gasteiger partial charge in [0.25, 0.3) is 0 Å². The molecule has 1 aliphatic heterocycles. The maximum Gasteiger partial charge on any atom is 0.310 e. The van der Waals surface area contributed by atoms with Crippen LogP contribution in [0.3, 0.4) is 0 Å². The Morgan fingerprint density at radius 1 is 1.42 bits per heavy atom. The molecule has 0 spiro atoms. The van der Waals surface area contributed by atoms with Gasteiger partial charge in [-0.15, -0.1) is 0 Å². The molecule has 1 saturated heterocycles. The summed E-state index contributed by atoms with van der Waals surface area (Å²) < 4.78 is 31.5. The zero-order chi connectivity index (χ0) is 14.5. The zero-order valence-electron chi connectivity index (χ0n) is 11.5. The Labute approximate surface area is 114 Å². The highest BCUT2D eigenvalue weighted by molar-refractivity contribution is 7.89. The monoisotopic (exact) mass is 293 g/mol. The van der Waals surface area contributed by atoms with Crippen LogP contribution in [0, 0.1) is 5.41 Å². The molecule has 7 heteroatoms. The number of carboxylic acid groups (broad SMARTS) is 1. The lowest BCUT2D eigenvalue weighted by Gasteiger charge is -2.27. The summed E-state index contributed by atoms with van der Waals surface area (Å²) in [5.41, 5.74) is -1.02. The Morgan fingerprint density at radius 2 is 2.05 bits per heavy atom. The van der Waals surface area contributed by atoms with Crippen molar-refractivity contribution in [1.82, 2.24) is 4.72 Å². The Balaban J connectivity index is 2.59. The van der Waals surface area contributed by atoms with Crippen LogP contribution in [0.15, 0.2) is 0 Å².